The van der Waals surface area contributed by atoms with Gasteiger partial charge in [-0.15, -0.1) is 0 Å². The predicted molar refractivity (Wildman–Crippen MR) is 109 cm³/mol. The van der Waals surface area contributed by atoms with E-state index in [0.717, 1.165) is 18.4 Å². The smallest absolute Gasteiger partial charge is 0.255 e. The topological polar surface area (TPSA) is 83.1 Å². The van der Waals surface area contributed by atoms with Crippen molar-refractivity contribution < 1.29 is 9.59 Å². The Morgan fingerprint density at radius 3 is 2.50 bits per heavy atom. The third-order valence-corrected chi connectivity index (χ3v) is 5.76. The number of aryl methyl sites for hydroxylation is 1. The van der Waals surface area contributed by atoms with Gasteiger partial charge in [-0.05, 0) is 68.4 Å². The molecule has 1 aromatic carbocycles. The van der Waals surface area contributed by atoms with Crippen LogP contribution in [-0.4, -0.2) is 28.9 Å². The van der Waals surface area contributed by atoms with E-state index < -0.39 is 0 Å². The Hall–Kier alpha value is -2.73. The van der Waals surface area contributed by atoms with Gasteiger partial charge in [-0.25, -0.2) is 0 Å². The Labute approximate surface area is 165 Å². The summed E-state index contributed by atoms with van der Waals surface area (Å²) < 4.78 is 0. The molecule has 3 heterocycles. The van der Waals surface area contributed by atoms with Crippen molar-refractivity contribution >= 4 is 23.2 Å². The summed E-state index contributed by atoms with van der Waals surface area (Å²) >= 11 is 0. The molecule has 3 N–H and O–H groups in total. The van der Waals surface area contributed by atoms with Gasteiger partial charge >= 0.3 is 0 Å². The number of amides is 2. The van der Waals surface area contributed by atoms with E-state index in [1.165, 1.54) is 12.8 Å². The molecule has 0 spiro atoms. The maximum atomic E-state index is 12.5. The van der Waals surface area contributed by atoms with Crippen LogP contribution in [0.2, 0.25) is 0 Å². The molecular formula is C22H26N4O2. The van der Waals surface area contributed by atoms with Gasteiger partial charge in [-0.3, -0.25) is 14.6 Å². The van der Waals surface area contributed by atoms with Gasteiger partial charge in [0.25, 0.3) is 5.91 Å². The molecule has 0 radical (unpaired) electrons. The zero-order valence-electron chi connectivity index (χ0n) is 16.1. The first-order valence-electron chi connectivity index (χ1n) is 9.95. The summed E-state index contributed by atoms with van der Waals surface area (Å²) in [5.41, 5.74) is 2.89. The summed E-state index contributed by atoms with van der Waals surface area (Å²) in [6, 6.07) is 10.1. The monoisotopic (exact) mass is 378 g/mol. The molecule has 28 heavy (non-hydrogen) atoms. The summed E-state index contributed by atoms with van der Waals surface area (Å²) in [5, 5.41) is 9.53. The van der Waals surface area contributed by atoms with Crippen LogP contribution in [0, 0.1) is 12.8 Å². The van der Waals surface area contributed by atoms with Crippen molar-refractivity contribution in [2.45, 2.75) is 51.1 Å². The number of benzene rings is 1. The van der Waals surface area contributed by atoms with E-state index in [0.29, 0.717) is 41.4 Å². The van der Waals surface area contributed by atoms with Gasteiger partial charge in [-0.1, -0.05) is 6.07 Å². The second-order valence-corrected chi connectivity index (χ2v) is 7.95. The normalized spacial score (nSPS) is 23.2. The number of hydrogen-bond acceptors (Lipinski definition) is 4. The molecule has 2 fully saturated rings. The summed E-state index contributed by atoms with van der Waals surface area (Å²) in [7, 11) is 0. The minimum Gasteiger partial charge on any atom is -0.326 e. The van der Waals surface area contributed by atoms with Gasteiger partial charge in [0.15, 0.2) is 0 Å². The summed E-state index contributed by atoms with van der Waals surface area (Å²) in [4.78, 5) is 28.9. The molecular weight excluding hydrogens is 352 g/mol. The van der Waals surface area contributed by atoms with E-state index in [4.69, 9.17) is 0 Å². The zero-order valence-corrected chi connectivity index (χ0v) is 16.1. The van der Waals surface area contributed by atoms with E-state index >= 15 is 0 Å². The first-order valence-corrected chi connectivity index (χ1v) is 9.95. The van der Waals surface area contributed by atoms with Gasteiger partial charge < -0.3 is 16.0 Å². The molecule has 1 aromatic heterocycles. The Morgan fingerprint density at radius 2 is 1.79 bits per heavy atom. The molecule has 2 unspecified atom stereocenters. The Kier molecular flexibility index (Phi) is 5.39. The van der Waals surface area contributed by atoms with E-state index in [1.807, 2.05) is 25.1 Å². The molecule has 6 nitrogen and oxygen atoms in total. The van der Waals surface area contributed by atoms with Gasteiger partial charge in [0.2, 0.25) is 5.91 Å². The number of rotatable bonds is 5. The van der Waals surface area contributed by atoms with Crippen LogP contribution in [0.15, 0.2) is 42.7 Å². The number of carbonyl (C=O) groups excluding carboxylic acids is 2. The number of pyridine rings is 1. The van der Waals surface area contributed by atoms with Crippen molar-refractivity contribution in [3.05, 3.63) is 53.9 Å². The Balaban J connectivity index is 1.38. The average Bonchev–Trinajstić information content (AvgIpc) is 3.03. The summed E-state index contributed by atoms with van der Waals surface area (Å²) in [6.07, 6.45) is 8.39. The highest BCUT2D eigenvalue weighted by atomic mass is 16.2. The van der Waals surface area contributed by atoms with Gasteiger partial charge in [0.1, 0.15) is 0 Å². The molecule has 4 rings (SSSR count). The van der Waals surface area contributed by atoms with Crippen LogP contribution in [0.25, 0.3) is 0 Å². The molecule has 0 saturated carbocycles. The molecule has 6 heteroatoms. The number of nitrogens with zero attached hydrogens (tertiary/aromatic N) is 1. The first kappa shape index (κ1) is 18.6. The number of aromatic nitrogens is 1. The Bertz CT molecular complexity index is 856. The van der Waals surface area contributed by atoms with Crippen molar-refractivity contribution in [1.29, 1.82) is 0 Å². The molecule has 2 aliphatic heterocycles. The van der Waals surface area contributed by atoms with Crippen molar-refractivity contribution in [3.8, 4) is 0 Å². The molecule has 2 atom stereocenters. The summed E-state index contributed by atoms with van der Waals surface area (Å²) in [5.74, 6) is 0.302. The van der Waals surface area contributed by atoms with Crippen LogP contribution in [0.3, 0.4) is 0 Å². The van der Waals surface area contributed by atoms with Crippen molar-refractivity contribution in [3.63, 3.8) is 0 Å². The van der Waals surface area contributed by atoms with E-state index in [2.05, 4.69) is 20.9 Å². The molecule has 2 amide bonds. The van der Waals surface area contributed by atoms with Crippen LogP contribution >= 0.6 is 0 Å². The second-order valence-electron chi connectivity index (χ2n) is 7.95. The third kappa shape index (κ3) is 4.39. The lowest BCUT2D eigenvalue weighted by molar-refractivity contribution is -0.117. The zero-order chi connectivity index (χ0) is 19.5. The van der Waals surface area contributed by atoms with E-state index in [9.17, 15) is 9.59 Å². The average molecular weight is 378 g/mol. The number of carbonyl (C=O) groups is 2. The van der Waals surface area contributed by atoms with Crippen molar-refractivity contribution in [2.24, 2.45) is 5.92 Å². The van der Waals surface area contributed by atoms with Gasteiger partial charge in [0, 0.05) is 47.8 Å². The minimum atomic E-state index is -0.195. The number of hydrogen-bond donors (Lipinski definition) is 3. The van der Waals surface area contributed by atoms with Crippen molar-refractivity contribution in [2.75, 3.05) is 10.6 Å². The number of fused-ring (bicyclic) bond motifs is 2. The molecule has 2 aliphatic rings. The number of piperidine rings is 1. The second kappa shape index (κ2) is 8.10. The SMILES string of the molecule is Cc1ccc(NC(=O)CC2CC3CCC(C2)N3)cc1NC(=O)c1ccncc1. The lowest BCUT2D eigenvalue weighted by atomic mass is 9.89. The first-order chi connectivity index (χ1) is 13.6. The van der Waals surface area contributed by atoms with Crippen LogP contribution < -0.4 is 16.0 Å². The fourth-order valence-electron chi connectivity index (χ4n) is 4.35. The fraction of sp³-hybridized carbons (Fsp3) is 0.409. The Morgan fingerprint density at radius 1 is 1.07 bits per heavy atom. The predicted octanol–water partition coefficient (Wildman–Crippen LogP) is 3.50. The molecule has 146 valence electrons. The molecule has 2 saturated heterocycles. The minimum absolute atomic E-state index is 0.0431. The highest BCUT2D eigenvalue weighted by Gasteiger charge is 2.34. The highest BCUT2D eigenvalue weighted by molar-refractivity contribution is 6.05. The number of nitrogens with one attached hydrogen (secondary N) is 3. The fourth-order valence-corrected chi connectivity index (χ4v) is 4.35. The van der Waals surface area contributed by atoms with Crippen LogP contribution in [0.4, 0.5) is 11.4 Å². The largest absolute Gasteiger partial charge is 0.326 e. The van der Waals surface area contributed by atoms with Gasteiger partial charge in [-0.2, -0.15) is 0 Å². The van der Waals surface area contributed by atoms with Crippen LogP contribution in [-0.2, 0) is 4.79 Å². The third-order valence-electron chi connectivity index (χ3n) is 5.76. The quantitative estimate of drug-likeness (QED) is 0.744. The highest BCUT2D eigenvalue weighted by Crippen LogP contribution is 2.33. The maximum Gasteiger partial charge on any atom is 0.255 e. The standard InChI is InChI=1S/C22H26N4O2/c1-14-2-3-19(13-20(14)26-22(28)16-6-8-23-9-7-16)25-21(27)12-15-10-17-4-5-18(11-15)24-17/h2-3,6-9,13,15,17-18,24H,4-5,10-12H2,1H3,(H,25,27)(H,26,28). The molecule has 0 aliphatic carbocycles. The van der Waals surface area contributed by atoms with Crippen LogP contribution in [0.5, 0.6) is 0 Å². The molecule has 2 aromatic rings. The van der Waals surface area contributed by atoms with Gasteiger partial charge in [0.05, 0.1) is 0 Å². The number of anilines is 2. The summed E-state index contributed by atoms with van der Waals surface area (Å²) in [6.45, 7) is 1.93. The lowest BCUT2D eigenvalue weighted by Gasteiger charge is -2.28. The van der Waals surface area contributed by atoms with Crippen molar-refractivity contribution in [1.82, 2.24) is 10.3 Å². The molecule has 2 bridgehead atoms. The van der Waals surface area contributed by atoms with E-state index in [-0.39, 0.29) is 11.8 Å². The van der Waals surface area contributed by atoms with E-state index in [1.54, 1.807) is 24.5 Å². The maximum absolute atomic E-state index is 12.5. The lowest BCUT2D eigenvalue weighted by Crippen LogP contribution is -2.39. The van der Waals surface area contributed by atoms with Crippen LogP contribution in [0.1, 0.15) is 48.0 Å².